The number of sulfonamides is 1. The van der Waals surface area contributed by atoms with Crippen LogP contribution in [-0.2, 0) is 25.0 Å². The van der Waals surface area contributed by atoms with Crippen molar-refractivity contribution >= 4 is 15.9 Å². The molecule has 2 heterocycles. The minimum Gasteiger partial charge on any atom is -0.379 e. The molecule has 162 valence electrons. The van der Waals surface area contributed by atoms with E-state index in [0.717, 1.165) is 38.4 Å². The van der Waals surface area contributed by atoms with Gasteiger partial charge in [0, 0.05) is 32.7 Å². The third-order valence-electron chi connectivity index (χ3n) is 5.66. The van der Waals surface area contributed by atoms with Gasteiger partial charge in [0.15, 0.2) is 0 Å². The highest BCUT2D eigenvalue weighted by Gasteiger charge is 2.39. The summed E-state index contributed by atoms with van der Waals surface area (Å²) in [5.74, 6) is -0.203. The Kier molecular flexibility index (Phi) is 6.98. The molecule has 1 aromatic rings. The molecule has 1 unspecified atom stereocenters. The predicted octanol–water partition coefficient (Wildman–Crippen LogP) is 1.59. The Labute approximate surface area is 174 Å². The second kappa shape index (κ2) is 9.12. The summed E-state index contributed by atoms with van der Waals surface area (Å²) >= 11 is 0. The minimum absolute atomic E-state index is 0.0428. The molecule has 7 nitrogen and oxygen atoms in total. The molecule has 1 aromatic carbocycles. The second-order valence-corrected chi connectivity index (χ2v) is 10.7. The Morgan fingerprint density at radius 3 is 2.41 bits per heavy atom. The third kappa shape index (κ3) is 5.36. The number of carbonyl (C=O) groups excluding carboxylic acids is 1. The summed E-state index contributed by atoms with van der Waals surface area (Å²) in [5.41, 5.74) is 1.04. The van der Waals surface area contributed by atoms with Gasteiger partial charge in [-0.1, -0.05) is 32.9 Å². The van der Waals surface area contributed by atoms with E-state index in [0.29, 0.717) is 25.9 Å². The van der Waals surface area contributed by atoms with Crippen molar-refractivity contribution < 1.29 is 17.9 Å². The fourth-order valence-electron chi connectivity index (χ4n) is 3.83. The van der Waals surface area contributed by atoms with Gasteiger partial charge in [0.1, 0.15) is 6.04 Å². The molecule has 2 aliphatic heterocycles. The van der Waals surface area contributed by atoms with Gasteiger partial charge in [-0.2, -0.15) is 4.31 Å². The van der Waals surface area contributed by atoms with E-state index in [2.05, 4.69) is 31.0 Å². The van der Waals surface area contributed by atoms with E-state index >= 15 is 0 Å². The fraction of sp³-hybridized carbons (Fsp3) is 0.667. The summed E-state index contributed by atoms with van der Waals surface area (Å²) in [4.78, 5) is 15.2. The lowest BCUT2D eigenvalue weighted by molar-refractivity contribution is -0.124. The van der Waals surface area contributed by atoms with Crippen molar-refractivity contribution in [3.63, 3.8) is 0 Å². The van der Waals surface area contributed by atoms with E-state index in [9.17, 15) is 13.2 Å². The molecule has 3 rings (SSSR count). The third-order valence-corrected chi connectivity index (χ3v) is 7.59. The van der Waals surface area contributed by atoms with Gasteiger partial charge in [-0.3, -0.25) is 9.69 Å². The number of nitrogens with one attached hydrogen (secondary N) is 1. The number of rotatable bonds is 6. The van der Waals surface area contributed by atoms with Crippen LogP contribution in [0.5, 0.6) is 0 Å². The molecule has 0 spiro atoms. The molecule has 2 aliphatic rings. The molecule has 0 radical (unpaired) electrons. The van der Waals surface area contributed by atoms with Crippen LogP contribution in [0.25, 0.3) is 0 Å². The Hall–Kier alpha value is -1.48. The SMILES string of the molecule is CC(C)(C)c1ccc(S(=O)(=O)N2CCCC2C(=O)NCCN2CCOCC2)cc1. The lowest BCUT2D eigenvalue weighted by atomic mass is 9.87. The summed E-state index contributed by atoms with van der Waals surface area (Å²) in [6.07, 6.45) is 1.25. The van der Waals surface area contributed by atoms with E-state index < -0.39 is 16.1 Å². The van der Waals surface area contributed by atoms with Gasteiger partial charge < -0.3 is 10.1 Å². The van der Waals surface area contributed by atoms with Crippen LogP contribution in [0.3, 0.4) is 0 Å². The number of carbonyl (C=O) groups is 1. The van der Waals surface area contributed by atoms with Gasteiger partial charge >= 0.3 is 0 Å². The van der Waals surface area contributed by atoms with E-state index in [1.165, 1.54) is 4.31 Å². The number of benzene rings is 1. The van der Waals surface area contributed by atoms with Crippen molar-refractivity contribution in [2.24, 2.45) is 0 Å². The van der Waals surface area contributed by atoms with Crippen LogP contribution in [0.4, 0.5) is 0 Å². The van der Waals surface area contributed by atoms with Crippen molar-refractivity contribution in [2.75, 3.05) is 45.9 Å². The van der Waals surface area contributed by atoms with E-state index in [1.807, 2.05) is 12.1 Å². The maximum absolute atomic E-state index is 13.2. The van der Waals surface area contributed by atoms with Crippen LogP contribution in [0.15, 0.2) is 29.2 Å². The topological polar surface area (TPSA) is 79.0 Å². The maximum atomic E-state index is 13.2. The lowest BCUT2D eigenvalue weighted by Crippen LogP contribution is -2.48. The molecule has 29 heavy (non-hydrogen) atoms. The first kappa shape index (κ1) is 22.2. The average molecular weight is 424 g/mol. The van der Waals surface area contributed by atoms with Gasteiger partial charge in [-0.15, -0.1) is 0 Å². The minimum atomic E-state index is -3.70. The van der Waals surface area contributed by atoms with Crippen molar-refractivity contribution in [1.82, 2.24) is 14.5 Å². The molecule has 1 N–H and O–H groups in total. The first-order valence-electron chi connectivity index (χ1n) is 10.4. The lowest BCUT2D eigenvalue weighted by Gasteiger charge is -2.27. The highest BCUT2D eigenvalue weighted by Crippen LogP contribution is 2.28. The van der Waals surface area contributed by atoms with Gasteiger partial charge in [-0.25, -0.2) is 8.42 Å². The second-order valence-electron chi connectivity index (χ2n) is 8.79. The molecule has 2 saturated heterocycles. The highest BCUT2D eigenvalue weighted by atomic mass is 32.2. The van der Waals surface area contributed by atoms with Gasteiger partial charge in [0.2, 0.25) is 15.9 Å². The molecule has 0 aromatic heterocycles. The zero-order chi connectivity index (χ0) is 21.1. The van der Waals surface area contributed by atoms with E-state index in [1.54, 1.807) is 12.1 Å². The number of nitrogens with zero attached hydrogens (tertiary/aromatic N) is 2. The van der Waals surface area contributed by atoms with Gasteiger partial charge in [-0.05, 0) is 36.0 Å². The Balaban J connectivity index is 1.63. The van der Waals surface area contributed by atoms with Crippen LogP contribution in [0, 0.1) is 0 Å². The first-order chi connectivity index (χ1) is 13.7. The molecule has 0 bridgehead atoms. The van der Waals surface area contributed by atoms with Gasteiger partial charge in [0.25, 0.3) is 0 Å². The standard InChI is InChI=1S/C21H33N3O4S/c1-21(2,3)17-6-8-18(9-7-17)29(26,27)24-11-4-5-19(24)20(25)22-10-12-23-13-15-28-16-14-23/h6-9,19H,4-5,10-16H2,1-3H3,(H,22,25). The summed E-state index contributed by atoms with van der Waals surface area (Å²) in [5, 5.41) is 2.93. The summed E-state index contributed by atoms with van der Waals surface area (Å²) in [6, 6.07) is 6.40. The maximum Gasteiger partial charge on any atom is 0.243 e. The molecule has 0 aliphatic carbocycles. The Morgan fingerprint density at radius 1 is 1.14 bits per heavy atom. The predicted molar refractivity (Wildman–Crippen MR) is 112 cm³/mol. The monoisotopic (exact) mass is 423 g/mol. The zero-order valence-electron chi connectivity index (χ0n) is 17.7. The molecule has 8 heteroatoms. The molecule has 0 saturated carbocycles. The number of hydrogen-bond acceptors (Lipinski definition) is 5. The van der Waals surface area contributed by atoms with Crippen LogP contribution in [-0.4, -0.2) is 75.5 Å². The molecule has 2 fully saturated rings. The molecule has 1 amide bonds. The quantitative estimate of drug-likeness (QED) is 0.752. The summed E-state index contributed by atoms with van der Waals surface area (Å²) in [6.45, 7) is 11.1. The smallest absolute Gasteiger partial charge is 0.243 e. The van der Waals surface area contributed by atoms with Crippen molar-refractivity contribution in [2.45, 2.75) is 50.0 Å². The van der Waals surface area contributed by atoms with E-state index in [-0.39, 0.29) is 16.2 Å². The van der Waals surface area contributed by atoms with Crippen LogP contribution < -0.4 is 5.32 Å². The summed E-state index contributed by atoms with van der Waals surface area (Å²) in [7, 11) is -3.70. The fourth-order valence-corrected chi connectivity index (χ4v) is 5.49. The highest BCUT2D eigenvalue weighted by molar-refractivity contribution is 7.89. The molecule has 1 atom stereocenters. The van der Waals surface area contributed by atoms with Crippen molar-refractivity contribution in [3.05, 3.63) is 29.8 Å². The molecular weight excluding hydrogens is 390 g/mol. The number of ether oxygens (including phenoxy) is 1. The zero-order valence-corrected chi connectivity index (χ0v) is 18.5. The normalized spacial score (nSPS) is 22.0. The number of amides is 1. The molecular formula is C21H33N3O4S. The summed E-state index contributed by atoms with van der Waals surface area (Å²) < 4.78 is 33.0. The van der Waals surface area contributed by atoms with Crippen LogP contribution >= 0.6 is 0 Å². The van der Waals surface area contributed by atoms with Gasteiger partial charge in [0.05, 0.1) is 18.1 Å². The number of morpholine rings is 1. The number of hydrogen-bond donors (Lipinski definition) is 1. The van der Waals surface area contributed by atoms with Crippen LogP contribution in [0.1, 0.15) is 39.2 Å². The van der Waals surface area contributed by atoms with Crippen molar-refractivity contribution in [1.29, 1.82) is 0 Å². The Bertz CT molecular complexity index is 796. The van der Waals surface area contributed by atoms with Crippen LogP contribution in [0.2, 0.25) is 0 Å². The average Bonchev–Trinajstić information content (AvgIpc) is 3.19. The van der Waals surface area contributed by atoms with Crippen molar-refractivity contribution in [3.8, 4) is 0 Å². The first-order valence-corrected chi connectivity index (χ1v) is 11.8. The largest absolute Gasteiger partial charge is 0.379 e. The van der Waals surface area contributed by atoms with E-state index in [4.69, 9.17) is 4.74 Å². The Morgan fingerprint density at radius 2 is 1.79 bits per heavy atom.